The van der Waals surface area contributed by atoms with Crippen molar-refractivity contribution < 1.29 is 9.53 Å². The van der Waals surface area contributed by atoms with Gasteiger partial charge in [0.1, 0.15) is 0 Å². The Morgan fingerprint density at radius 2 is 1.87 bits per heavy atom. The van der Waals surface area contributed by atoms with E-state index in [1.165, 1.54) is 56.3 Å². The number of hydrogen-bond donors (Lipinski definition) is 1. The average molecular weight is 433 g/mol. The van der Waals surface area contributed by atoms with Gasteiger partial charge in [0, 0.05) is 13.1 Å². The van der Waals surface area contributed by atoms with E-state index in [1.807, 2.05) is 0 Å². The van der Waals surface area contributed by atoms with E-state index in [0.29, 0.717) is 24.4 Å². The lowest BCUT2D eigenvalue weighted by Crippen LogP contribution is -2.26. The van der Waals surface area contributed by atoms with Crippen LogP contribution in [0, 0.1) is 23.7 Å². The molecule has 6 heteroatoms. The maximum atomic E-state index is 12.1. The van der Waals surface area contributed by atoms with Crippen LogP contribution in [0.2, 0.25) is 0 Å². The molecule has 1 aromatic rings. The first-order valence-electron chi connectivity index (χ1n) is 13.0. The summed E-state index contributed by atoms with van der Waals surface area (Å²) in [5, 5.41) is 11.7. The number of aryl methyl sites for hydroxylation is 2. The molecule has 4 atom stereocenters. The third kappa shape index (κ3) is 7.21. The van der Waals surface area contributed by atoms with E-state index < -0.39 is 0 Å². The van der Waals surface area contributed by atoms with E-state index in [4.69, 9.17) is 4.74 Å². The van der Waals surface area contributed by atoms with Gasteiger partial charge in [0.05, 0.1) is 18.0 Å². The molecular formula is C25H44N4O2. The molecular weight excluding hydrogens is 388 g/mol. The fraction of sp³-hybridized carbons (Fsp3) is 0.880. The fourth-order valence-corrected chi connectivity index (χ4v) is 5.39. The Bertz CT molecular complexity index is 674. The third-order valence-electron chi connectivity index (χ3n) is 7.39. The first-order valence-corrected chi connectivity index (χ1v) is 13.0. The van der Waals surface area contributed by atoms with Crippen LogP contribution in [0.25, 0.3) is 0 Å². The van der Waals surface area contributed by atoms with E-state index in [0.717, 1.165) is 51.1 Å². The molecule has 2 aliphatic rings. The largest absolute Gasteiger partial charge is 0.449 e. The zero-order valence-electron chi connectivity index (χ0n) is 20.1. The molecule has 31 heavy (non-hydrogen) atoms. The number of carbonyl (C=O) groups excluding carboxylic acids is 1. The Kier molecular flexibility index (Phi) is 9.66. The molecule has 1 saturated carbocycles. The minimum atomic E-state index is -0.238. The van der Waals surface area contributed by atoms with Gasteiger partial charge in [-0.1, -0.05) is 58.1 Å². The lowest BCUT2D eigenvalue weighted by Gasteiger charge is -2.11. The molecule has 0 aliphatic heterocycles. The highest BCUT2D eigenvalue weighted by Crippen LogP contribution is 2.52. The van der Waals surface area contributed by atoms with Gasteiger partial charge in [-0.2, -0.15) is 0 Å². The van der Waals surface area contributed by atoms with Crippen molar-refractivity contribution in [2.75, 3.05) is 13.2 Å². The van der Waals surface area contributed by atoms with Gasteiger partial charge in [0.25, 0.3) is 0 Å². The summed E-state index contributed by atoms with van der Waals surface area (Å²) in [6.45, 7) is 9.02. The maximum Gasteiger partial charge on any atom is 0.407 e. The summed E-state index contributed by atoms with van der Waals surface area (Å²) >= 11 is 0. The summed E-state index contributed by atoms with van der Waals surface area (Å²) < 4.78 is 7.68. The van der Waals surface area contributed by atoms with Crippen LogP contribution in [0.5, 0.6) is 0 Å². The van der Waals surface area contributed by atoms with Crippen molar-refractivity contribution >= 4 is 6.09 Å². The molecule has 0 saturated heterocycles. The summed E-state index contributed by atoms with van der Waals surface area (Å²) in [5.74, 6) is 2.66. The summed E-state index contributed by atoms with van der Waals surface area (Å²) in [5.41, 5.74) is 2.53. The van der Waals surface area contributed by atoms with Gasteiger partial charge in [-0.25, -0.2) is 9.48 Å². The third-order valence-corrected chi connectivity index (χ3v) is 7.39. The predicted octanol–water partition coefficient (Wildman–Crippen LogP) is 5.54. The molecule has 0 aromatic carbocycles. The van der Waals surface area contributed by atoms with Crippen LogP contribution in [-0.4, -0.2) is 34.2 Å². The number of carbonyl (C=O) groups is 1. The second-order valence-electron chi connectivity index (χ2n) is 9.90. The normalized spacial score (nSPS) is 23.3. The SMILES string of the molecule is CCCCCCC(C)CCCNC(=O)OCC1C2CCc3nnn(CCC)c3CCC21. The van der Waals surface area contributed by atoms with Crippen molar-refractivity contribution in [1.82, 2.24) is 20.3 Å². The van der Waals surface area contributed by atoms with Gasteiger partial charge in [0.2, 0.25) is 0 Å². The molecule has 1 N–H and O–H groups in total. The summed E-state index contributed by atoms with van der Waals surface area (Å²) in [4.78, 5) is 12.1. The molecule has 176 valence electrons. The quantitative estimate of drug-likeness (QED) is 0.415. The van der Waals surface area contributed by atoms with E-state index in [-0.39, 0.29) is 6.09 Å². The molecule has 1 amide bonds. The van der Waals surface area contributed by atoms with Crippen molar-refractivity contribution in [3.05, 3.63) is 11.4 Å². The highest BCUT2D eigenvalue weighted by Gasteiger charge is 2.50. The number of nitrogens with zero attached hydrogens (tertiary/aromatic N) is 3. The van der Waals surface area contributed by atoms with Crippen LogP contribution < -0.4 is 5.32 Å². The molecule has 3 rings (SSSR count). The second-order valence-corrected chi connectivity index (χ2v) is 9.90. The highest BCUT2D eigenvalue weighted by molar-refractivity contribution is 5.67. The van der Waals surface area contributed by atoms with Crippen LogP contribution in [0.15, 0.2) is 0 Å². The Balaban J connectivity index is 1.27. The van der Waals surface area contributed by atoms with Crippen molar-refractivity contribution in [2.24, 2.45) is 23.7 Å². The van der Waals surface area contributed by atoms with Crippen molar-refractivity contribution in [3.63, 3.8) is 0 Å². The smallest absolute Gasteiger partial charge is 0.407 e. The van der Waals surface area contributed by atoms with Crippen LogP contribution in [0.4, 0.5) is 4.79 Å². The van der Waals surface area contributed by atoms with E-state index in [2.05, 4.69) is 41.1 Å². The standard InChI is InChI=1S/C25H44N4O2/c1-4-6-7-8-10-19(3)11-9-16-26-25(30)31-18-22-20-12-14-23-24(15-13-21(20)22)29(17-5-2)28-27-23/h19-22H,4-18H2,1-3H3,(H,26,30). The number of hydrogen-bond acceptors (Lipinski definition) is 4. The van der Waals surface area contributed by atoms with E-state index in [1.54, 1.807) is 0 Å². The lowest BCUT2D eigenvalue weighted by atomic mass is 9.98. The lowest BCUT2D eigenvalue weighted by molar-refractivity contribution is 0.137. The first kappa shape index (κ1) is 24.1. The van der Waals surface area contributed by atoms with Gasteiger partial charge < -0.3 is 10.1 Å². The van der Waals surface area contributed by atoms with Crippen LogP contribution in [-0.2, 0) is 24.1 Å². The first-order chi connectivity index (χ1) is 15.1. The summed E-state index contributed by atoms with van der Waals surface area (Å²) in [7, 11) is 0. The molecule has 2 aliphatic carbocycles. The predicted molar refractivity (Wildman–Crippen MR) is 124 cm³/mol. The van der Waals surface area contributed by atoms with Gasteiger partial charge in [-0.15, -0.1) is 5.10 Å². The Hall–Kier alpha value is -1.59. The zero-order valence-corrected chi connectivity index (χ0v) is 20.1. The van der Waals surface area contributed by atoms with Crippen LogP contribution >= 0.6 is 0 Å². The highest BCUT2D eigenvalue weighted by atomic mass is 16.5. The summed E-state index contributed by atoms with van der Waals surface area (Å²) in [6.07, 6.45) is 14.1. The Morgan fingerprint density at radius 3 is 2.65 bits per heavy atom. The topological polar surface area (TPSA) is 69.0 Å². The minimum Gasteiger partial charge on any atom is -0.449 e. The van der Waals surface area contributed by atoms with Gasteiger partial charge >= 0.3 is 6.09 Å². The van der Waals surface area contributed by atoms with Crippen LogP contribution in [0.1, 0.15) is 96.4 Å². The molecule has 4 unspecified atom stereocenters. The van der Waals surface area contributed by atoms with Crippen molar-refractivity contribution in [3.8, 4) is 0 Å². The number of ether oxygens (including phenoxy) is 1. The molecule has 6 nitrogen and oxygen atoms in total. The zero-order chi connectivity index (χ0) is 22.1. The second kappa shape index (κ2) is 12.4. The van der Waals surface area contributed by atoms with Gasteiger partial charge in [0.15, 0.2) is 0 Å². The number of unbranched alkanes of at least 4 members (excludes halogenated alkanes) is 3. The summed E-state index contributed by atoms with van der Waals surface area (Å²) in [6, 6.07) is 0. The van der Waals surface area contributed by atoms with Crippen molar-refractivity contribution in [1.29, 1.82) is 0 Å². The molecule has 1 fully saturated rings. The van der Waals surface area contributed by atoms with Gasteiger partial charge in [-0.3, -0.25) is 0 Å². The fourth-order valence-electron chi connectivity index (χ4n) is 5.39. The minimum absolute atomic E-state index is 0.238. The monoisotopic (exact) mass is 432 g/mol. The number of aromatic nitrogens is 3. The van der Waals surface area contributed by atoms with Crippen molar-refractivity contribution in [2.45, 2.75) is 104 Å². The molecule has 1 heterocycles. The number of rotatable bonds is 13. The number of nitrogens with one attached hydrogen (secondary N) is 1. The molecule has 0 spiro atoms. The Morgan fingerprint density at radius 1 is 1.10 bits per heavy atom. The number of alkyl carbamates (subject to hydrolysis) is 1. The number of amides is 1. The van der Waals surface area contributed by atoms with Gasteiger partial charge in [-0.05, 0) is 68.6 Å². The molecule has 0 bridgehead atoms. The van der Waals surface area contributed by atoms with Crippen LogP contribution in [0.3, 0.4) is 0 Å². The maximum absolute atomic E-state index is 12.1. The number of fused-ring (bicyclic) bond motifs is 2. The molecule has 0 radical (unpaired) electrons. The van der Waals surface area contributed by atoms with E-state index >= 15 is 0 Å². The molecule has 1 aromatic heterocycles. The average Bonchev–Trinajstić information content (AvgIpc) is 3.27. The van der Waals surface area contributed by atoms with E-state index in [9.17, 15) is 4.79 Å². The Labute approximate surface area is 188 Å².